The molecule has 0 aliphatic heterocycles. The highest BCUT2D eigenvalue weighted by molar-refractivity contribution is 5.68. The van der Waals surface area contributed by atoms with Crippen molar-refractivity contribution in [2.24, 2.45) is 11.7 Å². The fourth-order valence-corrected chi connectivity index (χ4v) is 1.99. The molecule has 1 unspecified atom stereocenters. The van der Waals surface area contributed by atoms with Gasteiger partial charge in [0.25, 0.3) is 0 Å². The first-order chi connectivity index (χ1) is 6.74. The second-order valence-corrected chi connectivity index (χ2v) is 4.10. The van der Waals surface area contributed by atoms with Crippen molar-refractivity contribution in [3.05, 3.63) is 0 Å². The van der Waals surface area contributed by atoms with Crippen molar-refractivity contribution < 1.29 is 9.53 Å². The maximum Gasteiger partial charge on any atom is 0.305 e. The molecule has 3 heteroatoms. The van der Waals surface area contributed by atoms with Crippen LogP contribution in [0.25, 0.3) is 0 Å². The molecule has 3 nitrogen and oxygen atoms in total. The van der Waals surface area contributed by atoms with Gasteiger partial charge in [0.2, 0.25) is 0 Å². The van der Waals surface area contributed by atoms with E-state index in [1.54, 1.807) is 6.92 Å². The van der Waals surface area contributed by atoms with Gasteiger partial charge in [0.05, 0.1) is 0 Å². The molecule has 0 saturated heterocycles. The van der Waals surface area contributed by atoms with Gasteiger partial charge in [-0.05, 0) is 18.8 Å². The zero-order chi connectivity index (χ0) is 10.4. The molecule has 1 fully saturated rings. The van der Waals surface area contributed by atoms with Crippen molar-refractivity contribution >= 4 is 5.97 Å². The van der Waals surface area contributed by atoms with E-state index in [9.17, 15) is 4.79 Å². The van der Waals surface area contributed by atoms with E-state index in [0.29, 0.717) is 18.9 Å². The van der Waals surface area contributed by atoms with Gasteiger partial charge in [0.1, 0.15) is 6.61 Å². The molecular weight excluding hydrogens is 178 g/mol. The second kappa shape index (κ2) is 6.02. The van der Waals surface area contributed by atoms with Crippen molar-refractivity contribution in [1.82, 2.24) is 0 Å². The van der Waals surface area contributed by atoms with E-state index in [1.807, 2.05) is 0 Å². The number of hydrogen-bond acceptors (Lipinski definition) is 3. The number of carbonyl (C=O) groups is 1. The highest BCUT2D eigenvalue weighted by Crippen LogP contribution is 2.25. The van der Waals surface area contributed by atoms with Crippen LogP contribution in [0.5, 0.6) is 0 Å². The minimum atomic E-state index is -0.142. The summed E-state index contributed by atoms with van der Waals surface area (Å²) in [6.45, 7) is 2.20. The highest BCUT2D eigenvalue weighted by atomic mass is 16.5. The van der Waals surface area contributed by atoms with E-state index in [-0.39, 0.29) is 12.0 Å². The van der Waals surface area contributed by atoms with Crippen LogP contribution in [-0.4, -0.2) is 18.6 Å². The summed E-state index contributed by atoms with van der Waals surface area (Å²) in [7, 11) is 0. The maximum absolute atomic E-state index is 10.9. The molecule has 1 aliphatic carbocycles. The van der Waals surface area contributed by atoms with Crippen LogP contribution in [0.1, 0.15) is 45.4 Å². The van der Waals surface area contributed by atoms with Crippen LogP contribution in [0.2, 0.25) is 0 Å². The summed E-state index contributed by atoms with van der Waals surface area (Å²) < 4.78 is 5.04. The summed E-state index contributed by atoms with van der Waals surface area (Å²) in [6, 6.07) is 0.0470. The molecule has 0 bridgehead atoms. The summed E-state index contributed by atoms with van der Waals surface area (Å²) in [4.78, 5) is 10.9. The fraction of sp³-hybridized carbons (Fsp3) is 0.909. The van der Waals surface area contributed by atoms with Crippen molar-refractivity contribution in [2.45, 2.75) is 51.5 Å². The largest absolute Gasteiger partial charge is 0.464 e. The normalized spacial score (nSPS) is 20.4. The Balaban J connectivity index is 2.19. The highest BCUT2D eigenvalue weighted by Gasteiger charge is 2.21. The standard InChI is InChI=1S/C11H21NO2/c1-2-11(13)14-8-10(12)9-6-4-3-5-7-9/h9-10H,2-8,12H2,1H3. The van der Waals surface area contributed by atoms with Crippen LogP contribution in [0.15, 0.2) is 0 Å². The van der Waals surface area contributed by atoms with Gasteiger partial charge in [0, 0.05) is 12.5 Å². The van der Waals surface area contributed by atoms with Gasteiger partial charge in [-0.15, -0.1) is 0 Å². The lowest BCUT2D eigenvalue weighted by molar-refractivity contribution is -0.144. The predicted molar refractivity (Wildman–Crippen MR) is 55.8 cm³/mol. The Hall–Kier alpha value is -0.570. The third-order valence-electron chi connectivity index (χ3n) is 2.98. The minimum Gasteiger partial charge on any atom is -0.464 e. The number of nitrogens with two attached hydrogens (primary N) is 1. The number of carbonyl (C=O) groups excluding carboxylic acids is 1. The van der Waals surface area contributed by atoms with Crippen LogP contribution < -0.4 is 5.73 Å². The zero-order valence-corrected chi connectivity index (χ0v) is 9.00. The topological polar surface area (TPSA) is 52.3 Å². The Bertz CT molecular complexity index is 176. The van der Waals surface area contributed by atoms with Gasteiger partial charge in [-0.2, -0.15) is 0 Å². The molecular formula is C11H21NO2. The van der Waals surface area contributed by atoms with E-state index >= 15 is 0 Å². The zero-order valence-electron chi connectivity index (χ0n) is 9.00. The number of esters is 1. The molecule has 0 radical (unpaired) electrons. The lowest BCUT2D eigenvalue weighted by Gasteiger charge is -2.26. The molecule has 0 heterocycles. The Labute approximate surface area is 86.0 Å². The maximum atomic E-state index is 10.9. The molecule has 0 aromatic rings. The van der Waals surface area contributed by atoms with E-state index < -0.39 is 0 Å². The smallest absolute Gasteiger partial charge is 0.305 e. The summed E-state index contributed by atoms with van der Waals surface area (Å²) >= 11 is 0. The SMILES string of the molecule is CCC(=O)OCC(N)C1CCCCC1. The third kappa shape index (κ3) is 3.66. The lowest BCUT2D eigenvalue weighted by atomic mass is 9.84. The summed E-state index contributed by atoms with van der Waals surface area (Å²) in [5.41, 5.74) is 5.97. The monoisotopic (exact) mass is 199 g/mol. The Morgan fingerprint density at radius 3 is 2.64 bits per heavy atom. The third-order valence-corrected chi connectivity index (χ3v) is 2.98. The summed E-state index contributed by atoms with van der Waals surface area (Å²) in [6.07, 6.45) is 6.73. The van der Waals surface area contributed by atoms with Crippen LogP contribution in [0, 0.1) is 5.92 Å². The van der Waals surface area contributed by atoms with Crippen LogP contribution >= 0.6 is 0 Å². The molecule has 1 saturated carbocycles. The van der Waals surface area contributed by atoms with E-state index in [4.69, 9.17) is 10.5 Å². The van der Waals surface area contributed by atoms with Gasteiger partial charge < -0.3 is 10.5 Å². The van der Waals surface area contributed by atoms with Gasteiger partial charge >= 0.3 is 5.97 Å². The Kier molecular flexibility index (Phi) is 4.94. The first kappa shape index (κ1) is 11.5. The summed E-state index contributed by atoms with van der Waals surface area (Å²) in [5.74, 6) is 0.421. The van der Waals surface area contributed by atoms with Gasteiger partial charge in [-0.25, -0.2) is 0 Å². The van der Waals surface area contributed by atoms with Crippen molar-refractivity contribution in [2.75, 3.05) is 6.61 Å². The molecule has 1 atom stereocenters. The average molecular weight is 199 g/mol. The molecule has 1 aliphatic rings. The second-order valence-electron chi connectivity index (χ2n) is 4.10. The van der Waals surface area contributed by atoms with Crippen molar-refractivity contribution in [1.29, 1.82) is 0 Å². The van der Waals surface area contributed by atoms with Crippen LogP contribution in [0.3, 0.4) is 0 Å². The summed E-state index contributed by atoms with van der Waals surface area (Å²) in [5, 5.41) is 0. The quantitative estimate of drug-likeness (QED) is 0.703. The minimum absolute atomic E-state index is 0.0470. The first-order valence-corrected chi connectivity index (χ1v) is 5.65. The molecule has 82 valence electrons. The molecule has 14 heavy (non-hydrogen) atoms. The van der Waals surface area contributed by atoms with E-state index in [0.717, 1.165) is 0 Å². The van der Waals surface area contributed by atoms with Gasteiger partial charge in [-0.3, -0.25) is 4.79 Å². The number of ether oxygens (including phenoxy) is 1. The molecule has 0 aromatic carbocycles. The Morgan fingerprint density at radius 1 is 1.43 bits per heavy atom. The van der Waals surface area contributed by atoms with E-state index in [2.05, 4.69) is 0 Å². The molecule has 0 aromatic heterocycles. The number of rotatable bonds is 4. The first-order valence-electron chi connectivity index (χ1n) is 5.65. The van der Waals surface area contributed by atoms with Crippen molar-refractivity contribution in [3.63, 3.8) is 0 Å². The fourth-order valence-electron chi connectivity index (χ4n) is 1.99. The number of hydrogen-bond donors (Lipinski definition) is 1. The van der Waals surface area contributed by atoms with E-state index in [1.165, 1.54) is 32.1 Å². The molecule has 0 spiro atoms. The Morgan fingerprint density at radius 2 is 2.07 bits per heavy atom. The molecule has 1 rings (SSSR count). The predicted octanol–water partition coefficient (Wildman–Crippen LogP) is 1.85. The van der Waals surface area contributed by atoms with Gasteiger partial charge in [-0.1, -0.05) is 26.2 Å². The molecule has 0 amide bonds. The van der Waals surface area contributed by atoms with Crippen LogP contribution in [-0.2, 0) is 9.53 Å². The molecule has 2 N–H and O–H groups in total. The van der Waals surface area contributed by atoms with Crippen LogP contribution in [0.4, 0.5) is 0 Å². The lowest BCUT2D eigenvalue weighted by Crippen LogP contribution is -2.36. The van der Waals surface area contributed by atoms with Crippen molar-refractivity contribution in [3.8, 4) is 0 Å². The van der Waals surface area contributed by atoms with Gasteiger partial charge in [0.15, 0.2) is 0 Å². The average Bonchev–Trinajstić information content (AvgIpc) is 2.26.